The third-order valence-corrected chi connectivity index (χ3v) is 5.47. The van der Waals surface area contributed by atoms with Gasteiger partial charge in [-0.15, -0.1) is 0 Å². The van der Waals surface area contributed by atoms with E-state index in [0.29, 0.717) is 46.6 Å². The molecule has 7 heteroatoms. The third kappa shape index (κ3) is 4.27. The Hall–Kier alpha value is -2.08. The maximum absolute atomic E-state index is 13.1. The highest BCUT2D eigenvalue weighted by molar-refractivity contribution is 6.35. The zero-order valence-corrected chi connectivity index (χ0v) is 18.1. The predicted molar refractivity (Wildman–Crippen MR) is 114 cm³/mol. The fourth-order valence-corrected chi connectivity index (χ4v) is 4.28. The number of ether oxygens (including phenoxy) is 1. The van der Waals surface area contributed by atoms with E-state index in [1.54, 1.807) is 29.2 Å². The molecule has 1 amide bonds. The third-order valence-electron chi connectivity index (χ3n) is 4.94. The van der Waals surface area contributed by atoms with Crippen LogP contribution in [0.1, 0.15) is 36.5 Å². The lowest BCUT2D eigenvalue weighted by atomic mass is 9.88. The molecule has 1 aliphatic heterocycles. The summed E-state index contributed by atoms with van der Waals surface area (Å²) >= 11 is 12.0. The number of amides is 1. The van der Waals surface area contributed by atoms with Crippen molar-refractivity contribution in [2.75, 3.05) is 18.1 Å². The molecule has 1 unspecified atom stereocenters. The molecule has 0 fully saturated rings. The number of hydrogen-bond acceptors (Lipinski definition) is 4. The molecule has 0 radical (unpaired) electrons. The molecular weight excluding hydrogens is 413 g/mol. The minimum atomic E-state index is -1.82. The van der Waals surface area contributed by atoms with Gasteiger partial charge in [0.25, 0.3) is 5.91 Å². The first-order chi connectivity index (χ1) is 13.6. The number of fused-ring (bicyclic) bond motifs is 1. The minimum absolute atomic E-state index is 0.241. The average Bonchev–Trinajstić information content (AvgIpc) is 2.81. The van der Waals surface area contributed by atoms with Crippen LogP contribution in [-0.2, 0) is 15.2 Å². The SMILES string of the molecule is CC(=O)CC1(O)C(=O)N(CCCOc2ccc(Cl)cc2Cl)c2c(C)cc(C)cc21. The molecule has 0 saturated carbocycles. The minimum Gasteiger partial charge on any atom is -0.492 e. The number of carbonyl (C=O) groups excluding carboxylic acids is 2. The second kappa shape index (κ2) is 8.34. The first-order valence-electron chi connectivity index (χ1n) is 9.37. The molecule has 1 heterocycles. The van der Waals surface area contributed by atoms with Crippen molar-refractivity contribution in [2.45, 2.75) is 39.2 Å². The highest BCUT2D eigenvalue weighted by Crippen LogP contribution is 2.45. The Morgan fingerprint density at radius 1 is 1.21 bits per heavy atom. The van der Waals surface area contributed by atoms with Crippen LogP contribution in [0.3, 0.4) is 0 Å². The predicted octanol–water partition coefficient (Wildman–Crippen LogP) is 4.59. The maximum atomic E-state index is 13.1. The lowest BCUT2D eigenvalue weighted by Crippen LogP contribution is -2.42. The number of benzene rings is 2. The Morgan fingerprint density at radius 2 is 1.93 bits per heavy atom. The lowest BCUT2D eigenvalue weighted by molar-refractivity contribution is -0.141. The van der Waals surface area contributed by atoms with Crippen molar-refractivity contribution in [3.05, 3.63) is 57.1 Å². The zero-order valence-electron chi connectivity index (χ0n) is 16.6. The van der Waals surface area contributed by atoms with Crippen LogP contribution in [0.25, 0.3) is 0 Å². The van der Waals surface area contributed by atoms with Crippen molar-refractivity contribution >= 4 is 40.6 Å². The van der Waals surface area contributed by atoms with Gasteiger partial charge in [0.15, 0.2) is 5.60 Å². The normalized spacial score (nSPS) is 18.1. The molecule has 1 atom stereocenters. The number of Topliss-reactive ketones (excluding diaryl/α,β-unsaturated/α-hetero) is 1. The van der Waals surface area contributed by atoms with E-state index < -0.39 is 11.5 Å². The highest BCUT2D eigenvalue weighted by atomic mass is 35.5. The summed E-state index contributed by atoms with van der Waals surface area (Å²) in [5, 5.41) is 12.1. The fourth-order valence-electron chi connectivity index (χ4n) is 3.82. The van der Waals surface area contributed by atoms with Gasteiger partial charge in [-0.05, 0) is 51.0 Å². The zero-order chi connectivity index (χ0) is 21.3. The Labute approximate surface area is 180 Å². The summed E-state index contributed by atoms with van der Waals surface area (Å²) in [4.78, 5) is 26.4. The molecular formula is C22H23Cl2NO4. The highest BCUT2D eigenvalue weighted by Gasteiger charge is 2.50. The van der Waals surface area contributed by atoms with Gasteiger partial charge >= 0.3 is 0 Å². The summed E-state index contributed by atoms with van der Waals surface area (Å²) in [6.45, 7) is 5.85. The summed E-state index contributed by atoms with van der Waals surface area (Å²) < 4.78 is 5.70. The van der Waals surface area contributed by atoms with Gasteiger partial charge in [0.2, 0.25) is 0 Å². The van der Waals surface area contributed by atoms with E-state index in [9.17, 15) is 14.7 Å². The quantitative estimate of drug-likeness (QED) is 0.645. The van der Waals surface area contributed by atoms with Crippen molar-refractivity contribution in [1.82, 2.24) is 0 Å². The number of aliphatic hydroxyl groups is 1. The molecule has 154 valence electrons. The summed E-state index contributed by atoms with van der Waals surface area (Å²) in [6.07, 6.45) is 0.280. The second-order valence-electron chi connectivity index (χ2n) is 7.45. The fraction of sp³-hybridized carbons (Fsp3) is 0.364. The van der Waals surface area contributed by atoms with Crippen LogP contribution in [0.2, 0.25) is 10.0 Å². The lowest BCUT2D eigenvalue weighted by Gasteiger charge is -2.22. The Kier molecular flexibility index (Phi) is 6.22. The van der Waals surface area contributed by atoms with Crippen LogP contribution in [0.5, 0.6) is 5.75 Å². The van der Waals surface area contributed by atoms with Crippen LogP contribution in [0.4, 0.5) is 5.69 Å². The largest absolute Gasteiger partial charge is 0.492 e. The molecule has 29 heavy (non-hydrogen) atoms. The Bertz CT molecular complexity index is 976. The van der Waals surface area contributed by atoms with Crippen LogP contribution in [0, 0.1) is 13.8 Å². The van der Waals surface area contributed by atoms with Crippen LogP contribution in [0.15, 0.2) is 30.3 Å². The molecule has 0 aromatic heterocycles. The van der Waals surface area contributed by atoms with Gasteiger partial charge in [-0.1, -0.05) is 40.9 Å². The van der Waals surface area contributed by atoms with Gasteiger partial charge in [0.1, 0.15) is 11.5 Å². The summed E-state index contributed by atoms with van der Waals surface area (Å²) in [6, 6.07) is 8.73. The Balaban J connectivity index is 1.77. The molecule has 3 rings (SSSR count). The monoisotopic (exact) mass is 435 g/mol. The van der Waals surface area contributed by atoms with Crippen LogP contribution < -0.4 is 9.64 Å². The van der Waals surface area contributed by atoms with Crippen molar-refractivity contribution < 1.29 is 19.4 Å². The summed E-state index contributed by atoms with van der Waals surface area (Å²) in [5.41, 5.74) is 1.16. The van der Waals surface area contributed by atoms with Crippen LogP contribution >= 0.6 is 23.2 Å². The molecule has 1 N–H and O–H groups in total. The number of anilines is 1. The van der Waals surface area contributed by atoms with Crippen molar-refractivity contribution in [3.63, 3.8) is 0 Å². The second-order valence-corrected chi connectivity index (χ2v) is 8.29. The van der Waals surface area contributed by atoms with E-state index in [0.717, 1.165) is 11.1 Å². The number of halogens is 2. The van der Waals surface area contributed by atoms with E-state index in [4.69, 9.17) is 27.9 Å². The van der Waals surface area contributed by atoms with E-state index >= 15 is 0 Å². The Morgan fingerprint density at radius 3 is 2.59 bits per heavy atom. The maximum Gasteiger partial charge on any atom is 0.264 e. The molecule has 1 aliphatic rings. The average molecular weight is 436 g/mol. The summed E-state index contributed by atoms with van der Waals surface area (Å²) in [5.74, 6) is -0.196. The molecule has 0 spiro atoms. The van der Waals surface area contributed by atoms with Gasteiger partial charge in [0, 0.05) is 23.6 Å². The number of hydrogen-bond donors (Lipinski definition) is 1. The molecule has 0 saturated heterocycles. The topological polar surface area (TPSA) is 66.8 Å². The molecule has 5 nitrogen and oxygen atoms in total. The first kappa shape index (κ1) is 21.6. The molecule has 2 aromatic carbocycles. The standard InChI is InChI=1S/C22H23Cl2NO4/c1-13-9-14(2)20-17(10-13)22(28,12-15(3)26)21(27)25(20)7-4-8-29-19-6-5-16(23)11-18(19)24/h5-6,9-11,28H,4,7-8,12H2,1-3H3. The van der Waals surface area contributed by atoms with Crippen molar-refractivity contribution in [2.24, 2.45) is 0 Å². The first-order valence-corrected chi connectivity index (χ1v) is 10.1. The number of carbonyl (C=O) groups is 2. The number of aryl methyl sites for hydroxylation is 2. The van der Waals surface area contributed by atoms with Gasteiger partial charge in [-0.3, -0.25) is 9.59 Å². The van der Waals surface area contributed by atoms with Crippen molar-refractivity contribution in [3.8, 4) is 5.75 Å². The van der Waals surface area contributed by atoms with E-state index in [1.165, 1.54) is 6.92 Å². The van der Waals surface area contributed by atoms with Gasteiger partial charge in [-0.2, -0.15) is 0 Å². The van der Waals surface area contributed by atoms with Gasteiger partial charge in [-0.25, -0.2) is 0 Å². The van der Waals surface area contributed by atoms with E-state index in [2.05, 4.69) is 0 Å². The molecule has 0 aliphatic carbocycles. The van der Waals surface area contributed by atoms with E-state index in [-0.39, 0.29) is 12.2 Å². The van der Waals surface area contributed by atoms with Gasteiger partial charge in [0.05, 0.1) is 17.3 Å². The number of ketones is 1. The van der Waals surface area contributed by atoms with Gasteiger partial charge < -0.3 is 14.7 Å². The smallest absolute Gasteiger partial charge is 0.264 e. The molecule has 0 bridgehead atoms. The summed E-state index contributed by atoms with van der Waals surface area (Å²) in [7, 11) is 0. The number of rotatable bonds is 7. The van der Waals surface area contributed by atoms with Crippen molar-refractivity contribution in [1.29, 1.82) is 0 Å². The van der Waals surface area contributed by atoms with E-state index in [1.807, 2.05) is 19.9 Å². The van der Waals surface area contributed by atoms with Crippen LogP contribution in [-0.4, -0.2) is 29.9 Å². The molecule has 2 aromatic rings. The number of nitrogens with zero attached hydrogens (tertiary/aromatic N) is 1.